The Morgan fingerprint density at radius 3 is 2.41 bits per heavy atom. The number of aromatic nitrogens is 2. The lowest BCUT2D eigenvalue weighted by Gasteiger charge is -2.50. The number of piperazine rings is 1. The van der Waals surface area contributed by atoms with E-state index >= 15 is 0 Å². The summed E-state index contributed by atoms with van der Waals surface area (Å²) in [4.78, 5) is 41.6. The Bertz CT molecular complexity index is 1130. The quantitative estimate of drug-likeness (QED) is 0.616. The molecule has 2 aliphatic heterocycles. The van der Waals surface area contributed by atoms with Crippen molar-refractivity contribution >= 4 is 29.2 Å². The molecule has 2 atom stereocenters. The van der Waals surface area contributed by atoms with Crippen LogP contribution in [0.25, 0.3) is 0 Å². The zero-order valence-corrected chi connectivity index (χ0v) is 22.7. The molecule has 2 aromatic rings. The molecule has 1 aromatic heterocycles. The number of carbonyl (C=O) groups excluding carboxylic acids is 2. The Labute approximate surface area is 224 Å². The minimum absolute atomic E-state index is 0.0867. The van der Waals surface area contributed by atoms with Crippen molar-refractivity contribution in [3.05, 3.63) is 52.4 Å². The van der Waals surface area contributed by atoms with Crippen LogP contribution in [0.4, 0.5) is 5.82 Å². The van der Waals surface area contributed by atoms with Crippen LogP contribution in [0.3, 0.4) is 0 Å². The number of rotatable bonds is 6. The number of likely N-dealkylation sites (tertiary alicyclic amines) is 1. The number of nitrogens with zero attached hydrogens (tertiary/aromatic N) is 5. The van der Waals surface area contributed by atoms with Crippen LogP contribution in [0.5, 0.6) is 0 Å². The van der Waals surface area contributed by atoms with Crippen LogP contribution < -0.4 is 10.2 Å². The lowest BCUT2D eigenvalue weighted by Crippen LogP contribution is -2.62. The molecule has 3 fully saturated rings. The number of halogens is 1. The molecule has 1 aliphatic carbocycles. The predicted molar refractivity (Wildman–Crippen MR) is 145 cm³/mol. The van der Waals surface area contributed by atoms with Crippen molar-refractivity contribution in [3.8, 4) is 0 Å². The highest BCUT2D eigenvalue weighted by atomic mass is 35.5. The van der Waals surface area contributed by atoms with Crippen LogP contribution in [0.15, 0.2) is 30.5 Å². The average Bonchev–Trinajstić information content (AvgIpc) is 3.73. The first-order valence-corrected chi connectivity index (χ1v) is 13.9. The SMILES string of the molecule is CC[C@H]1CN(c2ncc(C(=O)NC3CC3)nc2C)[C@H](C)CN1C1CCN(C(=O)c2ccc(Cl)cc2)CC1. The zero-order valence-electron chi connectivity index (χ0n) is 22.0. The summed E-state index contributed by atoms with van der Waals surface area (Å²) in [5, 5.41) is 3.64. The first-order valence-electron chi connectivity index (χ1n) is 13.6. The van der Waals surface area contributed by atoms with E-state index in [1.54, 1.807) is 18.3 Å². The molecule has 1 N–H and O–H groups in total. The van der Waals surface area contributed by atoms with Gasteiger partial charge in [-0.3, -0.25) is 14.5 Å². The topological polar surface area (TPSA) is 81.7 Å². The van der Waals surface area contributed by atoms with Gasteiger partial charge in [0.25, 0.3) is 11.8 Å². The summed E-state index contributed by atoms with van der Waals surface area (Å²) in [6, 6.07) is 8.60. The van der Waals surface area contributed by atoms with Crippen LogP contribution in [-0.4, -0.2) is 81.9 Å². The second-order valence-electron chi connectivity index (χ2n) is 10.7. The van der Waals surface area contributed by atoms with Crippen LogP contribution in [0, 0.1) is 6.92 Å². The van der Waals surface area contributed by atoms with Crippen LogP contribution >= 0.6 is 11.6 Å². The maximum Gasteiger partial charge on any atom is 0.271 e. The molecule has 9 heteroatoms. The molecule has 37 heavy (non-hydrogen) atoms. The molecule has 2 amide bonds. The Morgan fingerprint density at radius 1 is 1.08 bits per heavy atom. The van der Waals surface area contributed by atoms with Gasteiger partial charge in [-0.05, 0) is 70.2 Å². The molecule has 3 heterocycles. The molecular formula is C28H37ClN6O2. The maximum absolute atomic E-state index is 12.9. The summed E-state index contributed by atoms with van der Waals surface area (Å²) in [7, 11) is 0. The number of nitrogens with one attached hydrogen (secondary N) is 1. The largest absolute Gasteiger partial charge is 0.350 e. The molecule has 2 saturated heterocycles. The van der Waals surface area contributed by atoms with E-state index in [1.165, 1.54) is 0 Å². The van der Waals surface area contributed by atoms with Crippen molar-refractivity contribution in [1.82, 2.24) is 25.1 Å². The lowest BCUT2D eigenvalue weighted by atomic mass is 9.96. The summed E-state index contributed by atoms with van der Waals surface area (Å²) >= 11 is 5.98. The molecule has 1 saturated carbocycles. The van der Waals surface area contributed by atoms with Crippen LogP contribution in [-0.2, 0) is 0 Å². The monoisotopic (exact) mass is 524 g/mol. The van der Waals surface area contributed by atoms with Gasteiger partial charge < -0.3 is 15.1 Å². The highest BCUT2D eigenvalue weighted by molar-refractivity contribution is 6.30. The normalized spacial score (nSPS) is 23.2. The summed E-state index contributed by atoms with van der Waals surface area (Å²) in [6.07, 6.45) is 6.72. The lowest BCUT2D eigenvalue weighted by molar-refractivity contribution is 0.0434. The minimum atomic E-state index is -0.130. The molecule has 0 radical (unpaired) electrons. The number of piperidine rings is 1. The number of anilines is 1. The third-order valence-corrected chi connectivity index (χ3v) is 8.26. The van der Waals surface area contributed by atoms with Gasteiger partial charge in [-0.2, -0.15) is 0 Å². The van der Waals surface area contributed by atoms with Crippen LogP contribution in [0.1, 0.15) is 72.5 Å². The van der Waals surface area contributed by atoms with Gasteiger partial charge in [0.15, 0.2) is 0 Å². The van der Waals surface area contributed by atoms with Crippen molar-refractivity contribution in [2.45, 2.75) is 77.0 Å². The van der Waals surface area contributed by atoms with Gasteiger partial charge in [0.05, 0.1) is 11.9 Å². The smallest absolute Gasteiger partial charge is 0.271 e. The van der Waals surface area contributed by atoms with E-state index in [0.29, 0.717) is 34.4 Å². The average molecular weight is 525 g/mol. The van der Waals surface area contributed by atoms with Gasteiger partial charge in [0.2, 0.25) is 0 Å². The maximum atomic E-state index is 12.9. The summed E-state index contributed by atoms with van der Waals surface area (Å²) in [5.74, 6) is 0.829. The number of hydrogen-bond donors (Lipinski definition) is 1. The zero-order chi connectivity index (χ0) is 26.1. The van der Waals surface area contributed by atoms with Gasteiger partial charge in [0.1, 0.15) is 11.5 Å². The van der Waals surface area contributed by atoms with Gasteiger partial charge in [-0.15, -0.1) is 0 Å². The third kappa shape index (κ3) is 5.75. The fourth-order valence-electron chi connectivity index (χ4n) is 5.70. The standard InChI is InChI=1S/C28H37ClN6O2/c1-4-23-17-34(26-19(3)31-25(15-30-26)27(36)32-22-9-10-22)18(2)16-35(23)24-11-13-33(14-12-24)28(37)20-5-7-21(29)8-6-20/h5-8,15,18,22-24H,4,9-14,16-17H2,1-3H3,(H,32,36)/t18-,23+/m1/s1. The minimum Gasteiger partial charge on any atom is -0.350 e. The van der Waals surface area contributed by atoms with E-state index < -0.39 is 0 Å². The molecule has 0 bridgehead atoms. The van der Waals surface area contributed by atoms with E-state index in [0.717, 1.165) is 69.8 Å². The van der Waals surface area contributed by atoms with E-state index in [1.807, 2.05) is 24.0 Å². The highest BCUT2D eigenvalue weighted by Gasteiger charge is 2.38. The first-order chi connectivity index (χ1) is 17.8. The van der Waals surface area contributed by atoms with Gasteiger partial charge in [-0.1, -0.05) is 18.5 Å². The second kappa shape index (κ2) is 11.0. The van der Waals surface area contributed by atoms with Crippen molar-refractivity contribution in [3.63, 3.8) is 0 Å². The van der Waals surface area contributed by atoms with Crippen LogP contribution in [0.2, 0.25) is 5.02 Å². The Hall–Kier alpha value is -2.71. The van der Waals surface area contributed by atoms with Crippen molar-refractivity contribution in [2.24, 2.45) is 0 Å². The van der Waals surface area contributed by atoms with Gasteiger partial charge in [-0.25, -0.2) is 9.97 Å². The van der Waals surface area contributed by atoms with E-state index in [-0.39, 0.29) is 17.9 Å². The Balaban J connectivity index is 1.21. The first kappa shape index (κ1) is 25.9. The Morgan fingerprint density at radius 2 is 1.78 bits per heavy atom. The molecule has 3 aliphatic rings. The summed E-state index contributed by atoms with van der Waals surface area (Å²) in [6.45, 7) is 9.80. The molecular weight excluding hydrogens is 488 g/mol. The van der Waals surface area contributed by atoms with Gasteiger partial charge in [0, 0.05) is 60.9 Å². The molecule has 8 nitrogen and oxygen atoms in total. The molecule has 0 spiro atoms. The number of hydrogen-bond acceptors (Lipinski definition) is 6. The fourth-order valence-corrected chi connectivity index (χ4v) is 5.83. The number of benzene rings is 1. The molecule has 5 rings (SSSR count). The highest BCUT2D eigenvalue weighted by Crippen LogP contribution is 2.30. The predicted octanol–water partition coefficient (Wildman–Crippen LogP) is 3.92. The van der Waals surface area contributed by atoms with Crippen molar-refractivity contribution in [1.29, 1.82) is 0 Å². The molecule has 198 valence electrons. The summed E-state index contributed by atoms with van der Waals surface area (Å²) in [5.41, 5.74) is 1.89. The van der Waals surface area contributed by atoms with Crippen molar-refractivity contribution in [2.75, 3.05) is 31.1 Å². The Kier molecular flexibility index (Phi) is 7.67. The third-order valence-electron chi connectivity index (χ3n) is 8.00. The van der Waals surface area contributed by atoms with Gasteiger partial charge >= 0.3 is 0 Å². The number of amides is 2. The fraction of sp³-hybridized carbons (Fsp3) is 0.571. The van der Waals surface area contributed by atoms with E-state index in [9.17, 15) is 9.59 Å². The number of aryl methyl sites for hydroxylation is 1. The molecule has 1 aromatic carbocycles. The second-order valence-corrected chi connectivity index (χ2v) is 11.1. The summed E-state index contributed by atoms with van der Waals surface area (Å²) < 4.78 is 0. The van der Waals surface area contributed by atoms with E-state index in [2.05, 4.69) is 33.9 Å². The molecule has 0 unspecified atom stereocenters. The van der Waals surface area contributed by atoms with Crippen molar-refractivity contribution < 1.29 is 9.59 Å². The number of carbonyl (C=O) groups is 2. The van der Waals surface area contributed by atoms with E-state index in [4.69, 9.17) is 16.6 Å².